The van der Waals surface area contributed by atoms with Gasteiger partial charge in [-0.3, -0.25) is 4.79 Å². The molecule has 2 aliphatic rings. The molecule has 0 aromatic heterocycles. The normalized spacial score (nSPS) is 21.1. The van der Waals surface area contributed by atoms with E-state index in [0.717, 1.165) is 30.9 Å². The Balaban J connectivity index is 1.46. The molecule has 1 saturated heterocycles. The summed E-state index contributed by atoms with van der Waals surface area (Å²) in [5.41, 5.74) is 1.65. The van der Waals surface area contributed by atoms with Gasteiger partial charge in [-0.1, -0.05) is 29.3 Å². The molecule has 0 saturated carbocycles. The lowest BCUT2D eigenvalue weighted by Gasteiger charge is -2.24. The van der Waals surface area contributed by atoms with Crippen molar-refractivity contribution in [3.8, 4) is 11.5 Å². The molecule has 0 spiro atoms. The highest BCUT2D eigenvalue weighted by Crippen LogP contribution is 2.33. The highest BCUT2D eigenvalue weighted by atomic mass is 35.5. The van der Waals surface area contributed by atoms with Crippen LogP contribution < -0.4 is 19.7 Å². The molecule has 1 fully saturated rings. The van der Waals surface area contributed by atoms with E-state index in [-0.39, 0.29) is 11.9 Å². The van der Waals surface area contributed by atoms with Gasteiger partial charge in [-0.05, 0) is 30.3 Å². The van der Waals surface area contributed by atoms with Gasteiger partial charge in [0.2, 0.25) is 0 Å². The largest absolute Gasteiger partial charge is 0.486 e. The Kier molecular flexibility index (Phi) is 5.43. The zero-order valence-electron chi connectivity index (χ0n) is 14.8. The van der Waals surface area contributed by atoms with Gasteiger partial charge in [0.1, 0.15) is 19.3 Å². The van der Waals surface area contributed by atoms with Gasteiger partial charge in [-0.25, -0.2) is 0 Å². The van der Waals surface area contributed by atoms with Gasteiger partial charge in [-0.15, -0.1) is 0 Å². The van der Waals surface area contributed by atoms with Crippen LogP contribution in [0, 0.1) is 0 Å². The lowest BCUT2D eigenvalue weighted by molar-refractivity contribution is -0.910. The van der Waals surface area contributed by atoms with Gasteiger partial charge < -0.3 is 19.7 Å². The van der Waals surface area contributed by atoms with E-state index in [1.54, 1.807) is 18.2 Å². The standard InChI is InChI=1S/C20H20Cl2N2O3/c21-14-3-1-4-15(22)20(14)23-19(25)12-24-8-2-5-16(24)13-6-7-17-18(11-13)27-10-9-26-17/h1,3-4,6-7,11,16H,2,5,8-10,12H2,(H,23,25)/p+1/t16-/m0/s1. The smallest absolute Gasteiger partial charge is 0.279 e. The van der Waals surface area contributed by atoms with Crippen LogP contribution >= 0.6 is 23.2 Å². The molecule has 1 amide bonds. The molecule has 7 heteroatoms. The Morgan fingerprint density at radius 1 is 1.11 bits per heavy atom. The third-order valence-corrected chi connectivity index (χ3v) is 5.70. The minimum absolute atomic E-state index is 0.0931. The van der Waals surface area contributed by atoms with Crippen molar-refractivity contribution >= 4 is 34.8 Å². The number of ether oxygens (including phenoxy) is 2. The zero-order chi connectivity index (χ0) is 18.8. The minimum atomic E-state index is -0.0931. The number of benzene rings is 2. The molecule has 2 aliphatic heterocycles. The number of rotatable bonds is 4. The number of likely N-dealkylation sites (tertiary alicyclic amines) is 1. The van der Waals surface area contributed by atoms with Crippen LogP contribution in [0.25, 0.3) is 0 Å². The summed E-state index contributed by atoms with van der Waals surface area (Å²) in [7, 11) is 0. The van der Waals surface area contributed by atoms with Gasteiger partial charge in [0.25, 0.3) is 5.91 Å². The number of halogens is 2. The monoisotopic (exact) mass is 407 g/mol. The number of para-hydroxylation sites is 1. The molecule has 0 radical (unpaired) electrons. The van der Waals surface area contributed by atoms with Gasteiger partial charge >= 0.3 is 0 Å². The van der Waals surface area contributed by atoms with Crippen molar-refractivity contribution in [3.63, 3.8) is 0 Å². The maximum Gasteiger partial charge on any atom is 0.279 e. The van der Waals surface area contributed by atoms with Crippen LogP contribution in [0.15, 0.2) is 36.4 Å². The van der Waals surface area contributed by atoms with Crippen molar-refractivity contribution in [1.82, 2.24) is 0 Å². The summed E-state index contributed by atoms with van der Waals surface area (Å²) in [5, 5.41) is 3.74. The second-order valence-electron chi connectivity index (χ2n) is 6.83. The van der Waals surface area contributed by atoms with Crippen LogP contribution in [-0.2, 0) is 4.79 Å². The van der Waals surface area contributed by atoms with Crippen molar-refractivity contribution in [1.29, 1.82) is 0 Å². The van der Waals surface area contributed by atoms with Crippen LogP contribution in [0.5, 0.6) is 11.5 Å². The average Bonchev–Trinajstić information content (AvgIpc) is 3.12. The van der Waals surface area contributed by atoms with Crippen LogP contribution in [0.2, 0.25) is 10.0 Å². The van der Waals surface area contributed by atoms with Gasteiger partial charge in [0.15, 0.2) is 18.0 Å². The fraction of sp³-hybridized carbons (Fsp3) is 0.350. The molecule has 2 N–H and O–H groups in total. The van der Waals surface area contributed by atoms with Crippen molar-refractivity contribution in [2.24, 2.45) is 0 Å². The molecular formula is C20H21Cl2N2O3+. The molecule has 27 heavy (non-hydrogen) atoms. The van der Waals surface area contributed by atoms with Crippen LogP contribution in [0.4, 0.5) is 5.69 Å². The molecule has 142 valence electrons. The molecule has 2 aromatic rings. The number of hydrogen-bond donors (Lipinski definition) is 2. The average molecular weight is 408 g/mol. The highest BCUT2D eigenvalue weighted by molar-refractivity contribution is 6.39. The molecule has 0 bridgehead atoms. The number of carbonyl (C=O) groups is 1. The maximum absolute atomic E-state index is 12.6. The third-order valence-electron chi connectivity index (χ3n) is 5.07. The molecule has 2 atom stereocenters. The van der Waals surface area contributed by atoms with Crippen LogP contribution in [-0.4, -0.2) is 32.2 Å². The van der Waals surface area contributed by atoms with Crippen molar-refractivity contribution in [3.05, 3.63) is 52.0 Å². The Labute approximate surface area is 168 Å². The van der Waals surface area contributed by atoms with Crippen molar-refractivity contribution < 1.29 is 19.2 Å². The lowest BCUT2D eigenvalue weighted by Crippen LogP contribution is -3.11. The van der Waals surface area contributed by atoms with E-state index in [2.05, 4.69) is 11.4 Å². The zero-order valence-corrected chi connectivity index (χ0v) is 16.3. The van der Waals surface area contributed by atoms with Crippen LogP contribution in [0.3, 0.4) is 0 Å². The first-order valence-electron chi connectivity index (χ1n) is 9.10. The van der Waals surface area contributed by atoms with E-state index in [4.69, 9.17) is 32.7 Å². The summed E-state index contributed by atoms with van der Waals surface area (Å²) in [5.74, 6) is 1.48. The van der Waals surface area contributed by atoms with Crippen LogP contribution in [0.1, 0.15) is 24.4 Å². The molecule has 2 aromatic carbocycles. The Bertz CT molecular complexity index is 839. The number of nitrogens with one attached hydrogen (secondary N) is 2. The quantitative estimate of drug-likeness (QED) is 0.818. The second-order valence-corrected chi connectivity index (χ2v) is 7.64. The number of fused-ring (bicyclic) bond motifs is 1. The molecular weight excluding hydrogens is 387 g/mol. The first-order chi connectivity index (χ1) is 13.1. The Hall–Kier alpha value is -1.95. The molecule has 0 aliphatic carbocycles. The summed E-state index contributed by atoms with van der Waals surface area (Å²) in [4.78, 5) is 13.8. The molecule has 2 heterocycles. The predicted octanol–water partition coefficient (Wildman–Crippen LogP) is 3.12. The molecule has 4 rings (SSSR count). The van der Waals surface area contributed by atoms with E-state index in [9.17, 15) is 4.79 Å². The Morgan fingerprint density at radius 2 is 1.85 bits per heavy atom. The molecule has 1 unspecified atom stereocenters. The highest BCUT2D eigenvalue weighted by Gasteiger charge is 2.32. The van der Waals surface area contributed by atoms with E-state index in [1.165, 1.54) is 10.5 Å². The first kappa shape index (κ1) is 18.4. The van der Waals surface area contributed by atoms with E-state index in [0.29, 0.717) is 35.5 Å². The predicted molar refractivity (Wildman–Crippen MR) is 105 cm³/mol. The number of hydrogen-bond acceptors (Lipinski definition) is 3. The summed E-state index contributed by atoms with van der Waals surface area (Å²) in [6.07, 6.45) is 2.11. The fourth-order valence-corrected chi connectivity index (χ4v) is 4.30. The first-order valence-corrected chi connectivity index (χ1v) is 9.85. The van der Waals surface area contributed by atoms with Gasteiger partial charge in [-0.2, -0.15) is 0 Å². The number of carbonyl (C=O) groups excluding carboxylic acids is 1. The number of amides is 1. The van der Waals surface area contributed by atoms with E-state index in [1.807, 2.05) is 12.1 Å². The summed E-state index contributed by atoms with van der Waals surface area (Å²) >= 11 is 12.3. The summed E-state index contributed by atoms with van der Waals surface area (Å²) in [6, 6.07) is 11.5. The SMILES string of the molecule is O=C(C[NH+]1CCC[C@H]1c1ccc2c(c1)OCCO2)Nc1c(Cl)cccc1Cl. The topological polar surface area (TPSA) is 52.0 Å². The second kappa shape index (κ2) is 7.97. The molecule has 5 nitrogen and oxygen atoms in total. The minimum Gasteiger partial charge on any atom is -0.486 e. The lowest BCUT2D eigenvalue weighted by atomic mass is 10.0. The van der Waals surface area contributed by atoms with Crippen molar-refractivity contribution in [2.45, 2.75) is 18.9 Å². The summed E-state index contributed by atoms with van der Waals surface area (Å²) < 4.78 is 11.3. The Morgan fingerprint density at radius 3 is 2.63 bits per heavy atom. The maximum atomic E-state index is 12.6. The van der Waals surface area contributed by atoms with E-state index < -0.39 is 0 Å². The summed E-state index contributed by atoms with van der Waals surface area (Å²) in [6.45, 7) is 2.46. The number of quaternary nitrogens is 1. The van der Waals surface area contributed by atoms with Crippen molar-refractivity contribution in [2.75, 3.05) is 31.6 Å². The fourth-order valence-electron chi connectivity index (χ4n) is 3.81. The number of anilines is 1. The van der Waals surface area contributed by atoms with E-state index >= 15 is 0 Å². The third kappa shape index (κ3) is 4.00. The van der Waals surface area contributed by atoms with Gasteiger partial charge in [0, 0.05) is 18.4 Å². The van der Waals surface area contributed by atoms with Gasteiger partial charge in [0.05, 0.1) is 22.3 Å².